The third-order valence-corrected chi connectivity index (χ3v) is 7.95. The topological polar surface area (TPSA) is 138 Å². The Labute approximate surface area is 231 Å². The maximum absolute atomic E-state index is 12.9. The second-order valence-corrected chi connectivity index (χ2v) is 10.6. The van der Waals surface area contributed by atoms with Crippen LogP contribution in [0.4, 0.5) is 0 Å². The zero-order valence-electron chi connectivity index (χ0n) is 21.8. The van der Waals surface area contributed by atoms with Crippen LogP contribution in [0.2, 0.25) is 0 Å². The molecule has 2 amide bonds. The van der Waals surface area contributed by atoms with Crippen molar-refractivity contribution in [2.24, 2.45) is 5.73 Å². The van der Waals surface area contributed by atoms with E-state index in [0.717, 1.165) is 48.3 Å². The van der Waals surface area contributed by atoms with Crippen molar-refractivity contribution in [1.29, 1.82) is 5.41 Å². The van der Waals surface area contributed by atoms with Crippen molar-refractivity contribution in [3.8, 4) is 11.5 Å². The molecule has 2 aliphatic rings. The minimum Gasteiger partial charge on any atom is -0.457 e. The van der Waals surface area contributed by atoms with E-state index in [0.29, 0.717) is 17.7 Å². The lowest BCUT2D eigenvalue weighted by molar-refractivity contribution is -0.143. The third-order valence-electron chi connectivity index (χ3n) is 7.01. The number of benzene rings is 2. The van der Waals surface area contributed by atoms with Crippen LogP contribution in [0.3, 0.4) is 0 Å². The number of thiophene rings is 1. The van der Waals surface area contributed by atoms with Gasteiger partial charge in [0.2, 0.25) is 11.8 Å². The summed E-state index contributed by atoms with van der Waals surface area (Å²) >= 11 is 1.47. The van der Waals surface area contributed by atoms with E-state index >= 15 is 0 Å². The van der Waals surface area contributed by atoms with E-state index in [1.165, 1.54) is 11.3 Å². The van der Waals surface area contributed by atoms with Gasteiger partial charge in [-0.25, -0.2) is 0 Å². The van der Waals surface area contributed by atoms with Crippen molar-refractivity contribution < 1.29 is 19.1 Å². The molecule has 2 aromatic carbocycles. The van der Waals surface area contributed by atoms with Crippen LogP contribution < -0.4 is 21.1 Å². The number of aldehydes is 1. The molecule has 1 aromatic heterocycles. The minimum absolute atomic E-state index is 0.00244. The maximum atomic E-state index is 12.9. The number of likely N-dealkylation sites (N-methyl/N-ethyl adjacent to an activating group) is 1. The predicted octanol–water partition coefficient (Wildman–Crippen LogP) is 3.68. The molecule has 2 saturated heterocycles. The zero-order valence-corrected chi connectivity index (χ0v) is 22.6. The van der Waals surface area contributed by atoms with Gasteiger partial charge in [-0.15, -0.1) is 11.3 Å². The molecule has 204 valence electrons. The fourth-order valence-corrected chi connectivity index (χ4v) is 5.95. The SMILES string of the molecule is CNCC(=O)N1C2CCC1(C(=O)NCc1cc(C(=N)N)cs1)CC2.O=Cc1ccc(Oc2ccccc2)cc1. The summed E-state index contributed by atoms with van der Waals surface area (Å²) in [5.74, 6) is 1.48. The van der Waals surface area contributed by atoms with Gasteiger partial charge in [0, 0.05) is 27.4 Å². The van der Waals surface area contributed by atoms with Gasteiger partial charge in [-0.3, -0.25) is 19.8 Å². The van der Waals surface area contributed by atoms with Crippen molar-refractivity contribution >= 4 is 35.3 Å². The van der Waals surface area contributed by atoms with Crippen LogP contribution in [-0.2, 0) is 16.1 Å². The number of carbonyl (C=O) groups excluding carboxylic acids is 3. The van der Waals surface area contributed by atoms with Gasteiger partial charge in [0.25, 0.3) is 0 Å². The number of rotatable bonds is 9. The fraction of sp³-hybridized carbons (Fsp3) is 0.310. The Balaban J connectivity index is 0.000000202. The lowest BCUT2D eigenvalue weighted by Crippen LogP contribution is -2.56. The van der Waals surface area contributed by atoms with Crippen molar-refractivity contribution in [1.82, 2.24) is 15.5 Å². The monoisotopic (exact) mass is 547 g/mol. The Kier molecular flexibility index (Phi) is 9.11. The van der Waals surface area contributed by atoms with Crippen molar-refractivity contribution in [3.63, 3.8) is 0 Å². The van der Waals surface area contributed by atoms with Crippen LogP contribution in [0.15, 0.2) is 66.0 Å². The number of ether oxygens (including phenoxy) is 1. The number of nitrogens with zero attached hydrogens (tertiary/aromatic N) is 1. The van der Waals surface area contributed by atoms with E-state index in [1.54, 1.807) is 31.3 Å². The normalized spacial score (nSPS) is 19.1. The summed E-state index contributed by atoms with van der Waals surface area (Å²) in [5, 5.41) is 15.1. The molecular formula is C29H33N5O4S. The van der Waals surface area contributed by atoms with Crippen LogP contribution in [-0.4, -0.2) is 54.0 Å². The molecule has 0 radical (unpaired) electrons. The van der Waals surface area contributed by atoms with Gasteiger partial charge in [0.1, 0.15) is 29.2 Å². The summed E-state index contributed by atoms with van der Waals surface area (Å²) in [5.41, 5.74) is 6.11. The molecule has 0 unspecified atom stereocenters. The molecule has 10 heteroatoms. The van der Waals surface area contributed by atoms with Crippen LogP contribution in [0, 0.1) is 5.41 Å². The summed E-state index contributed by atoms with van der Waals surface area (Å²) in [6, 6.07) is 18.5. The smallest absolute Gasteiger partial charge is 0.246 e. The lowest BCUT2D eigenvalue weighted by atomic mass is 9.87. The number of nitrogen functional groups attached to an aromatic ring is 1. The number of carbonyl (C=O) groups is 3. The molecule has 0 atom stereocenters. The number of hydrogen-bond donors (Lipinski definition) is 4. The first kappa shape index (κ1) is 28.0. The molecule has 3 aromatic rings. The molecular weight excluding hydrogens is 514 g/mol. The van der Waals surface area contributed by atoms with Gasteiger partial charge in [-0.2, -0.15) is 0 Å². The molecule has 0 saturated carbocycles. The van der Waals surface area contributed by atoms with Gasteiger partial charge in [0.15, 0.2) is 0 Å². The maximum Gasteiger partial charge on any atom is 0.246 e. The van der Waals surface area contributed by atoms with Crippen LogP contribution in [0.5, 0.6) is 11.5 Å². The van der Waals surface area contributed by atoms with Crippen molar-refractivity contribution in [2.75, 3.05) is 13.6 Å². The molecule has 2 aliphatic heterocycles. The standard InChI is InChI=1S/C16H23N5O2S.C13H10O2/c1-19-8-13(22)21-11-2-4-16(21,5-3-11)15(23)20-7-12-6-10(9-24-12)14(17)18;14-10-11-6-8-13(9-7-11)15-12-4-2-1-3-5-12/h6,9,11,19H,2-5,7-8H2,1H3,(H3,17,18)(H,20,23);1-10H. The third kappa shape index (κ3) is 6.52. The van der Waals surface area contributed by atoms with E-state index < -0.39 is 5.54 Å². The molecule has 3 heterocycles. The fourth-order valence-electron chi connectivity index (χ4n) is 5.13. The molecule has 9 nitrogen and oxygen atoms in total. The highest BCUT2D eigenvalue weighted by atomic mass is 32.1. The van der Waals surface area contributed by atoms with Gasteiger partial charge < -0.3 is 26.0 Å². The first-order valence-corrected chi connectivity index (χ1v) is 13.7. The van der Waals surface area contributed by atoms with Crippen LogP contribution in [0.1, 0.15) is 46.5 Å². The van der Waals surface area contributed by atoms with Crippen molar-refractivity contribution in [2.45, 2.75) is 43.8 Å². The molecule has 2 fully saturated rings. The largest absolute Gasteiger partial charge is 0.457 e. The Morgan fingerprint density at radius 3 is 2.38 bits per heavy atom. The number of fused-ring (bicyclic) bond motifs is 2. The van der Waals surface area contributed by atoms with E-state index in [4.69, 9.17) is 15.9 Å². The number of hydrogen-bond acceptors (Lipinski definition) is 7. The number of amides is 2. The molecule has 39 heavy (non-hydrogen) atoms. The van der Waals surface area contributed by atoms with E-state index in [9.17, 15) is 14.4 Å². The zero-order chi connectivity index (χ0) is 27.8. The summed E-state index contributed by atoms with van der Waals surface area (Å²) in [7, 11) is 1.74. The number of nitrogens with two attached hydrogens (primary N) is 1. The van der Waals surface area contributed by atoms with Crippen molar-refractivity contribution in [3.05, 3.63) is 82.0 Å². The highest BCUT2D eigenvalue weighted by Gasteiger charge is 2.57. The summed E-state index contributed by atoms with van der Waals surface area (Å²) in [6.07, 6.45) is 4.09. The Hall–Kier alpha value is -4.02. The van der Waals surface area contributed by atoms with Gasteiger partial charge >= 0.3 is 0 Å². The van der Waals surface area contributed by atoms with Gasteiger partial charge in [-0.1, -0.05) is 18.2 Å². The first-order valence-electron chi connectivity index (χ1n) is 12.8. The van der Waals surface area contributed by atoms with Gasteiger partial charge in [0.05, 0.1) is 13.1 Å². The average Bonchev–Trinajstić information content (AvgIpc) is 3.68. The number of nitrogens with one attached hydrogen (secondary N) is 3. The Morgan fingerprint density at radius 2 is 1.79 bits per heavy atom. The summed E-state index contributed by atoms with van der Waals surface area (Å²) in [4.78, 5) is 38.5. The van der Waals surface area contributed by atoms with E-state index in [2.05, 4.69) is 10.6 Å². The minimum atomic E-state index is -0.681. The second kappa shape index (κ2) is 12.7. The summed E-state index contributed by atoms with van der Waals surface area (Å²) in [6.45, 7) is 0.662. The predicted molar refractivity (Wildman–Crippen MR) is 151 cm³/mol. The second-order valence-electron chi connectivity index (χ2n) is 9.56. The van der Waals surface area contributed by atoms with Crippen LogP contribution >= 0.6 is 11.3 Å². The molecule has 5 N–H and O–H groups in total. The van der Waals surface area contributed by atoms with Crippen LogP contribution in [0.25, 0.3) is 0 Å². The molecule has 2 bridgehead atoms. The summed E-state index contributed by atoms with van der Waals surface area (Å²) < 4.78 is 5.56. The van der Waals surface area contributed by atoms with Gasteiger partial charge in [-0.05, 0) is 75.2 Å². The average molecular weight is 548 g/mol. The lowest BCUT2D eigenvalue weighted by Gasteiger charge is -2.33. The Bertz CT molecular complexity index is 1300. The molecule has 0 spiro atoms. The van der Waals surface area contributed by atoms with E-state index in [1.807, 2.05) is 46.7 Å². The quantitative estimate of drug-likeness (QED) is 0.183. The highest BCUT2D eigenvalue weighted by molar-refractivity contribution is 7.10. The highest BCUT2D eigenvalue weighted by Crippen LogP contribution is 2.46. The number of amidine groups is 1. The Morgan fingerprint density at radius 1 is 1.13 bits per heavy atom. The first-order chi connectivity index (χ1) is 18.9. The molecule has 0 aliphatic carbocycles. The van der Waals surface area contributed by atoms with E-state index in [-0.39, 0.29) is 30.2 Å². The molecule has 5 rings (SSSR count). The number of para-hydroxylation sites is 1.